The van der Waals surface area contributed by atoms with Gasteiger partial charge in [0.1, 0.15) is 0 Å². The first kappa shape index (κ1) is 16.5. The van der Waals surface area contributed by atoms with Crippen LogP contribution in [0.1, 0.15) is 42.5 Å². The molecule has 0 atom stereocenters. The highest BCUT2D eigenvalue weighted by Crippen LogP contribution is 2.21. The first-order valence-electron chi connectivity index (χ1n) is 8.67. The van der Waals surface area contributed by atoms with Crippen LogP contribution in [-0.4, -0.2) is 48.4 Å². The van der Waals surface area contributed by atoms with E-state index in [-0.39, 0.29) is 5.91 Å². The first-order chi connectivity index (χ1) is 11.2. The number of hydrogen-bond acceptors (Lipinski definition) is 2. The number of halogens is 1. The summed E-state index contributed by atoms with van der Waals surface area (Å²) in [5, 5.41) is 0.621. The summed E-state index contributed by atoms with van der Waals surface area (Å²) < 4.78 is 0. The number of benzene rings is 1. The fourth-order valence-corrected chi connectivity index (χ4v) is 3.60. The third-order valence-corrected chi connectivity index (χ3v) is 5.10. The molecule has 0 spiro atoms. The first-order valence-corrected chi connectivity index (χ1v) is 9.05. The maximum atomic E-state index is 12.5. The summed E-state index contributed by atoms with van der Waals surface area (Å²) in [5.41, 5.74) is 2.33. The van der Waals surface area contributed by atoms with Crippen molar-refractivity contribution in [2.45, 2.75) is 32.1 Å². The van der Waals surface area contributed by atoms with Gasteiger partial charge in [-0.15, -0.1) is 0 Å². The molecule has 3 rings (SSSR count). The Bertz CT molecular complexity index is 576. The van der Waals surface area contributed by atoms with Gasteiger partial charge in [0.25, 0.3) is 5.91 Å². The standard InChI is InChI=1S/C19H25ClN2O/c20-18-8-4-7-17(15-18)19(23)22-13-11-21(12-14-22)10-9-16-5-2-1-3-6-16/h4-5,7-8,15H,1-3,6,9-14H2. The molecule has 0 bridgehead atoms. The molecular weight excluding hydrogens is 308 g/mol. The minimum atomic E-state index is 0.0992. The number of amides is 1. The molecular formula is C19H25ClN2O. The fraction of sp³-hybridized carbons (Fsp3) is 0.526. The quantitative estimate of drug-likeness (QED) is 0.778. The predicted molar refractivity (Wildman–Crippen MR) is 95.0 cm³/mol. The highest BCUT2D eigenvalue weighted by Gasteiger charge is 2.22. The van der Waals surface area contributed by atoms with Crippen molar-refractivity contribution in [3.05, 3.63) is 46.5 Å². The zero-order valence-electron chi connectivity index (χ0n) is 13.6. The van der Waals surface area contributed by atoms with Gasteiger partial charge >= 0.3 is 0 Å². The van der Waals surface area contributed by atoms with Crippen molar-refractivity contribution in [3.8, 4) is 0 Å². The Hall–Kier alpha value is -1.32. The molecule has 0 N–H and O–H groups in total. The van der Waals surface area contributed by atoms with Crippen molar-refractivity contribution in [1.29, 1.82) is 0 Å². The normalized spacial score (nSPS) is 19.5. The number of carbonyl (C=O) groups excluding carboxylic acids is 1. The van der Waals surface area contributed by atoms with Crippen molar-refractivity contribution < 1.29 is 4.79 Å². The molecule has 1 aliphatic heterocycles. The summed E-state index contributed by atoms with van der Waals surface area (Å²) in [6.07, 6.45) is 8.89. The van der Waals surface area contributed by atoms with Gasteiger partial charge < -0.3 is 4.90 Å². The van der Waals surface area contributed by atoms with Crippen LogP contribution < -0.4 is 0 Å². The van der Waals surface area contributed by atoms with E-state index in [1.54, 1.807) is 17.7 Å². The number of allylic oxidation sites excluding steroid dienone is 1. The van der Waals surface area contributed by atoms with Crippen molar-refractivity contribution in [2.24, 2.45) is 0 Å². The van der Waals surface area contributed by atoms with E-state index in [9.17, 15) is 4.79 Å². The Kier molecular flexibility index (Phi) is 5.74. The molecule has 2 aliphatic rings. The third-order valence-electron chi connectivity index (χ3n) is 4.87. The smallest absolute Gasteiger partial charge is 0.253 e. The lowest BCUT2D eigenvalue weighted by Crippen LogP contribution is -2.48. The molecule has 23 heavy (non-hydrogen) atoms. The molecule has 1 aromatic rings. The number of hydrogen-bond donors (Lipinski definition) is 0. The summed E-state index contributed by atoms with van der Waals surface area (Å²) in [6.45, 7) is 4.69. The second-order valence-corrected chi connectivity index (χ2v) is 6.94. The Morgan fingerprint density at radius 1 is 1.13 bits per heavy atom. The second-order valence-electron chi connectivity index (χ2n) is 6.50. The number of carbonyl (C=O) groups is 1. The van der Waals surface area contributed by atoms with Gasteiger partial charge in [-0.3, -0.25) is 9.69 Å². The van der Waals surface area contributed by atoms with E-state index in [0.29, 0.717) is 10.6 Å². The molecule has 1 aliphatic carbocycles. The molecule has 0 saturated carbocycles. The highest BCUT2D eigenvalue weighted by molar-refractivity contribution is 6.30. The van der Waals surface area contributed by atoms with Crippen LogP contribution in [0.5, 0.6) is 0 Å². The SMILES string of the molecule is O=C(c1cccc(Cl)c1)N1CCN(CCC2=CCCCC2)CC1. The largest absolute Gasteiger partial charge is 0.336 e. The van der Waals surface area contributed by atoms with Crippen LogP contribution >= 0.6 is 11.6 Å². The molecule has 1 heterocycles. The average Bonchev–Trinajstić information content (AvgIpc) is 2.61. The zero-order chi connectivity index (χ0) is 16.1. The molecule has 0 aromatic heterocycles. The van der Waals surface area contributed by atoms with Gasteiger partial charge in [0.05, 0.1) is 0 Å². The van der Waals surface area contributed by atoms with E-state index < -0.39 is 0 Å². The fourth-order valence-electron chi connectivity index (χ4n) is 3.41. The lowest BCUT2D eigenvalue weighted by atomic mass is 9.97. The van der Waals surface area contributed by atoms with Gasteiger partial charge in [0.15, 0.2) is 0 Å². The van der Waals surface area contributed by atoms with E-state index in [1.807, 2.05) is 17.0 Å². The van der Waals surface area contributed by atoms with Crippen LogP contribution in [0.25, 0.3) is 0 Å². The molecule has 1 amide bonds. The topological polar surface area (TPSA) is 23.6 Å². The van der Waals surface area contributed by atoms with E-state index in [2.05, 4.69) is 11.0 Å². The summed E-state index contributed by atoms with van der Waals surface area (Å²) in [7, 11) is 0. The number of rotatable bonds is 4. The van der Waals surface area contributed by atoms with Crippen molar-refractivity contribution in [1.82, 2.24) is 9.80 Å². The average molecular weight is 333 g/mol. The maximum absolute atomic E-state index is 12.5. The van der Waals surface area contributed by atoms with Crippen LogP contribution in [0.3, 0.4) is 0 Å². The van der Waals surface area contributed by atoms with Crippen LogP contribution in [0.4, 0.5) is 0 Å². The summed E-state index contributed by atoms with van der Waals surface area (Å²) in [6, 6.07) is 7.24. The number of piperazine rings is 1. The van der Waals surface area contributed by atoms with Gasteiger partial charge in [-0.25, -0.2) is 0 Å². The van der Waals surface area contributed by atoms with Crippen LogP contribution in [0.2, 0.25) is 5.02 Å². The van der Waals surface area contributed by atoms with Crippen LogP contribution in [0.15, 0.2) is 35.9 Å². The molecule has 0 unspecified atom stereocenters. The van der Waals surface area contributed by atoms with Crippen LogP contribution in [0, 0.1) is 0 Å². The maximum Gasteiger partial charge on any atom is 0.253 e. The molecule has 0 radical (unpaired) electrons. The Balaban J connectivity index is 1.46. The lowest BCUT2D eigenvalue weighted by molar-refractivity contribution is 0.0638. The second kappa shape index (κ2) is 7.98. The van der Waals surface area contributed by atoms with Crippen molar-refractivity contribution >= 4 is 17.5 Å². The summed E-state index contributed by atoms with van der Waals surface area (Å²) in [5.74, 6) is 0.0992. The van der Waals surface area contributed by atoms with Gasteiger partial charge in [-0.2, -0.15) is 0 Å². The monoisotopic (exact) mass is 332 g/mol. The molecule has 1 fully saturated rings. The van der Waals surface area contributed by atoms with Gasteiger partial charge in [0.2, 0.25) is 0 Å². The zero-order valence-corrected chi connectivity index (χ0v) is 14.4. The molecule has 1 aromatic carbocycles. The van der Waals surface area contributed by atoms with E-state index in [1.165, 1.54) is 32.1 Å². The highest BCUT2D eigenvalue weighted by atomic mass is 35.5. The summed E-state index contributed by atoms with van der Waals surface area (Å²) >= 11 is 5.98. The predicted octanol–water partition coefficient (Wildman–Crippen LogP) is 3.99. The molecule has 124 valence electrons. The Morgan fingerprint density at radius 3 is 2.65 bits per heavy atom. The van der Waals surface area contributed by atoms with Crippen LogP contribution in [-0.2, 0) is 0 Å². The van der Waals surface area contributed by atoms with Gasteiger partial charge in [0, 0.05) is 43.3 Å². The lowest BCUT2D eigenvalue weighted by Gasteiger charge is -2.35. The number of nitrogens with zero attached hydrogens (tertiary/aromatic N) is 2. The Morgan fingerprint density at radius 2 is 1.96 bits per heavy atom. The van der Waals surface area contributed by atoms with Gasteiger partial charge in [-0.1, -0.05) is 29.3 Å². The minimum absolute atomic E-state index is 0.0992. The van der Waals surface area contributed by atoms with E-state index in [0.717, 1.165) is 32.7 Å². The molecule has 1 saturated heterocycles. The Labute approximate surface area is 143 Å². The van der Waals surface area contributed by atoms with E-state index >= 15 is 0 Å². The van der Waals surface area contributed by atoms with Gasteiger partial charge in [-0.05, 0) is 50.3 Å². The molecule has 4 heteroatoms. The molecule has 3 nitrogen and oxygen atoms in total. The van der Waals surface area contributed by atoms with E-state index in [4.69, 9.17) is 11.6 Å². The third kappa shape index (κ3) is 4.58. The summed E-state index contributed by atoms with van der Waals surface area (Å²) in [4.78, 5) is 16.9. The minimum Gasteiger partial charge on any atom is -0.336 e. The van der Waals surface area contributed by atoms with Crippen molar-refractivity contribution in [2.75, 3.05) is 32.7 Å². The van der Waals surface area contributed by atoms with Crippen molar-refractivity contribution in [3.63, 3.8) is 0 Å².